The van der Waals surface area contributed by atoms with Crippen LogP contribution in [0.3, 0.4) is 0 Å². The lowest BCUT2D eigenvalue weighted by Crippen LogP contribution is -2.53. The van der Waals surface area contributed by atoms with Crippen LogP contribution in [0.2, 0.25) is 0 Å². The summed E-state index contributed by atoms with van der Waals surface area (Å²) in [6.45, 7) is 20.6. The molecule has 0 aliphatic carbocycles. The van der Waals surface area contributed by atoms with Crippen LogP contribution < -0.4 is 36.4 Å². The number of anilines is 3. The number of halogens is 6. The maximum atomic E-state index is 15.4. The van der Waals surface area contributed by atoms with Crippen LogP contribution in [-0.4, -0.2) is 255 Å². The molecule has 7 N–H and O–H groups in total. The van der Waals surface area contributed by atoms with Gasteiger partial charge in [-0.15, -0.1) is 0 Å². The van der Waals surface area contributed by atoms with E-state index in [0.717, 1.165) is 51.2 Å². The molecule has 0 saturated carbocycles. The second-order valence-corrected chi connectivity index (χ2v) is 28.8. The first-order chi connectivity index (χ1) is 51.3. The number of likely N-dealkylation sites (tertiary alicyclic amines) is 2. The third-order valence-electron chi connectivity index (χ3n) is 17.7. The molecule has 4 amide bonds. The van der Waals surface area contributed by atoms with Gasteiger partial charge in [0.15, 0.2) is 17.1 Å². The molecule has 586 valence electrons. The molecule has 6 aliphatic heterocycles. The zero-order valence-electron chi connectivity index (χ0n) is 61.6. The van der Waals surface area contributed by atoms with Crippen molar-refractivity contribution in [2.75, 3.05) is 113 Å². The Hall–Kier alpha value is -10.7. The van der Waals surface area contributed by atoms with Gasteiger partial charge in [0.05, 0.1) is 85.4 Å². The minimum absolute atomic E-state index is 0.0103. The fraction of sp³-hybridized carbons (Fsp3) is 0.542. The molecule has 6 aromatic heterocycles. The summed E-state index contributed by atoms with van der Waals surface area (Å²) in [5.74, 6) is -5.65. The Morgan fingerprint density at radius 2 is 0.917 bits per heavy atom. The Labute approximate surface area is 623 Å². The number of morpholine rings is 3. The van der Waals surface area contributed by atoms with E-state index < -0.39 is 83.0 Å². The number of nitrogens with zero attached hydrogens (tertiary/aromatic N) is 14. The number of alkyl halides is 6. The SMILES string of the molecule is CC(C)(C)OC(=O)N1CCC(F)(C(=O)O)C1.C[C@@H]1CN(c2cnc(C#N)c3ncccc23)C[C@H](CN)O1.C[C@@H]1CN(c2cnc(C#N)c3ncccc23)C[C@H](CNC(=O)C2(F)CCN(C(=O)OC(C)(C)C)C2)O1.C[C@@H]1CN(c2cnc(C#N)c3ncccc23)C[C@H](CNC(=O)C2(F)CCNC2)O1.O=C(O)C(F)(F)F. The van der Waals surface area contributed by atoms with E-state index in [0.29, 0.717) is 61.5 Å². The minimum Gasteiger partial charge on any atom is -0.479 e. The van der Waals surface area contributed by atoms with Gasteiger partial charge in [-0.05, 0) is 105 Å². The van der Waals surface area contributed by atoms with Crippen LogP contribution in [0.5, 0.6) is 0 Å². The predicted octanol–water partition coefficient (Wildman–Crippen LogP) is 6.58. The topological polar surface area (TPSA) is 416 Å². The van der Waals surface area contributed by atoms with E-state index in [-0.39, 0.29) is 100 Å². The van der Waals surface area contributed by atoms with Crippen molar-refractivity contribution < 1.29 is 89.0 Å². The summed E-state index contributed by atoms with van der Waals surface area (Å²) in [5.41, 5.74) is 3.28. The smallest absolute Gasteiger partial charge is 0.479 e. The van der Waals surface area contributed by atoms with Gasteiger partial charge in [0.25, 0.3) is 11.8 Å². The van der Waals surface area contributed by atoms with Gasteiger partial charge >= 0.3 is 30.3 Å². The molecule has 6 saturated heterocycles. The van der Waals surface area contributed by atoms with Gasteiger partial charge in [-0.3, -0.25) is 24.5 Å². The Kier molecular flexibility index (Phi) is 27.4. The molecule has 0 aromatic carbocycles. The second kappa shape index (κ2) is 35.6. The molecule has 12 rings (SSSR count). The highest BCUT2D eigenvalue weighted by molar-refractivity contribution is 5.96. The van der Waals surface area contributed by atoms with Crippen molar-refractivity contribution in [3.63, 3.8) is 0 Å². The lowest BCUT2D eigenvalue weighted by atomic mass is 10.0. The first kappa shape index (κ1) is 84.0. The number of pyridine rings is 6. The number of carboxylic acids is 2. The molecule has 31 nitrogen and oxygen atoms in total. The number of hydrogen-bond acceptors (Lipinski definition) is 25. The Morgan fingerprint density at radius 3 is 1.24 bits per heavy atom. The van der Waals surface area contributed by atoms with Crippen molar-refractivity contribution in [3.8, 4) is 18.2 Å². The number of fused-ring (bicyclic) bond motifs is 3. The lowest BCUT2D eigenvalue weighted by Gasteiger charge is -2.38. The average Bonchev–Trinajstić information content (AvgIpc) is 1.74. The first-order valence-electron chi connectivity index (χ1n) is 35.0. The summed E-state index contributed by atoms with van der Waals surface area (Å²) < 4.78 is 103. The minimum atomic E-state index is -5.08. The Bertz CT molecular complexity index is 4400. The molecule has 0 spiro atoms. The molecule has 0 bridgehead atoms. The molecule has 6 aliphatic rings. The molecule has 9 atom stereocenters. The molecule has 0 radical (unpaired) electrons. The number of amides is 4. The number of carbonyl (C=O) groups excluding carboxylic acids is 4. The van der Waals surface area contributed by atoms with E-state index in [1.54, 1.807) is 84.8 Å². The number of nitrogens with one attached hydrogen (secondary N) is 3. The van der Waals surface area contributed by atoms with Crippen LogP contribution >= 0.6 is 0 Å². The van der Waals surface area contributed by atoms with Crippen molar-refractivity contribution in [1.29, 1.82) is 15.8 Å². The summed E-state index contributed by atoms with van der Waals surface area (Å²) in [5, 5.41) is 54.4. The highest BCUT2D eigenvalue weighted by Crippen LogP contribution is 2.34. The summed E-state index contributed by atoms with van der Waals surface area (Å²) in [4.78, 5) is 103. The molecule has 37 heteroatoms. The number of ether oxygens (including phenoxy) is 5. The first-order valence-corrected chi connectivity index (χ1v) is 35.0. The maximum Gasteiger partial charge on any atom is 0.490 e. The summed E-state index contributed by atoms with van der Waals surface area (Å²) >= 11 is 0. The van der Waals surface area contributed by atoms with Gasteiger partial charge in [0, 0.05) is 133 Å². The number of nitriles is 3. The standard InChI is InChI=1S/C25H31FN6O4.C20H23FN6O2.C15H17N5O.C10H16FNO4.C2HF3O2/c1-16-13-32(20-12-29-19(10-27)21-18(20)6-5-8-28-21)14-17(35-16)11-30-22(33)25(26)7-9-31(15-25)23(34)36-24(2,3)4;1-13-10-27(17-9-25-16(7-22)18-15(17)3-2-5-24-18)11-14(29-13)8-26-19(28)20(21)4-6-23-12-20;1-10-8-20(9-11(5-16)21-10)14-7-19-13(6-17)15-12(14)3-2-4-18-15;1-9(2,3)16-8(15)12-5-4-10(11,6-12)7(13)14;3-2(4,5)1(6)7/h5-6,8,12,16-17H,7,9,11,13-15H2,1-4H3,(H,30,33);2-3,5,9,13-14,23H,4,6,8,10-12H2,1H3,(H,26,28);2-4,7,10-11H,5,8-9,16H2,1H3;4-6H2,1-3H3,(H,13,14);(H,6,7)/t16-,17+,25?;13-,14+,20?;10-,11+;;/m111../s1. The fourth-order valence-electron chi connectivity index (χ4n) is 12.7. The van der Waals surface area contributed by atoms with E-state index in [1.165, 1.54) is 4.90 Å². The number of aliphatic carboxylic acids is 2. The molecule has 6 fully saturated rings. The van der Waals surface area contributed by atoms with E-state index in [9.17, 15) is 56.4 Å². The molecule has 6 aromatic rings. The molecule has 12 heterocycles. The molecular weight excluding hydrogens is 1440 g/mol. The zero-order chi connectivity index (χ0) is 80.0. The Balaban J connectivity index is 0.000000184. The van der Waals surface area contributed by atoms with Crippen LogP contribution in [0.4, 0.5) is 53.0 Å². The van der Waals surface area contributed by atoms with E-state index in [2.05, 4.69) is 78.8 Å². The normalized spacial score (nSPS) is 24.0. The highest BCUT2D eigenvalue weighted by atomic mass is 19.4. The van der Waals surface area contributed by atoms with Gasteiger partial charge in [-0.1, -0.05) is 0 Å². The van der Waals surface area contributed by atoms with Crippen molar-refractivity contribution >= 4 is 85.7 Å². The van der Waals surface area contributed by atoms with Gasteiger partial charge in [-0.25, -0.2) is 47.3 Å². The number of aromatic nitrogens is 6. The number of carboxylic acid groups (broad SMARTS) is 2. The second-order valence-electron chi connectivity index (χ2n) is 28.8. The highest BCUT2D eigenvalue weighted by Gasteiger charge is 2.50. The van der Waals surface area contributed by atoms with Crippen molar-refractivity contribution in [3.05, 3.63) is 90.7 Å². The molecular formula is C72H88F6N18O13. The largest absolute Gasteiger partial charge is 0.490 e. The predicted molar refractivity (Wildman–Crippen MR) is 383 cm³/mol. The summed E-state index contributed by atoms with van der Waals surface area (Å²) in [6, 6.07) is 17.5. The number of carbonyl (C=O) groups is 6. The van der Waals surface area contributed by atoms with Crippen LogP contribution in [0.15, 0.2) is 73.6 Å². The van der Waals surface area contributed by atoms with Crippen LogP contribution in [0, 0.1) is 34.0 Å². The van der Waals surface area contributed by atoms with Crippen molar-refractivity contribution in [2.24, 2.45) is 5.73 Å². The number of nitrogens with two attached hydrogens (primary N) is 1. The number of rotatable bonds is 11. The van der Waals surface area contributed by atoms with E-state index in [1.807, 2.05) is 51.1 Å². The molecule has 3 unspecified atom stereocenters. The molecule has 109 heavy (non-hydrogen) atoms. The average molecular weight is 1530 g/mol. The summed E-state index contributed by atoms with van der Waals surface area (Å²) in [7, 11) is 0. The van der Waals surface area contributed by atoms with Gasteiger partial charge < -0.3 is 80.1 Å². The third-order valence-corrected chi connectivity index (χ3v) is 17.7. The maximum absolute atomic E-state index is 15.4. The van der Waals surface area contributed by atoms with Crippen molar-refractivity contribution in [2.45, 2.75) is 153 Å². The summed E-state index contributed by atoms with van der Waals surface area (Å²) in [6.07, 6.45) is 2.71. The monoisotopic (exact) mass is 1530 g/mol. The van der Waals surface area contributed by atoms with Gasteiger partial charge in [0.2, 0.25) is 17.0 Å². The van der Waals surface area contributed by atoms with E-state index >= 15 is 4.39 Å². The van der Waals surface area contributed by atoms with Crippen LogP contribution in [0.25, 0.3) is 32.7 Å². The fourth-order valence-corrected chi connectivity index (χ4v) is 12.7. The van der Waals surface area contributed by atoms with Crippen molar-refractivity contribution in [1.82, 2.24) is 55.7 Å². The van der Waals surface area contributed by atoms with E-state index in [4.69, 9.17) is 49.7 Å². The van der Waals surface area contributed by atoms with Gasteiger partial charge in [0.1, 0.15) is 46.0 Å². The van der Waals surface area contributed by atoms with Gasteiger partial charge in [-0.2, -0.15) is 29.0 Å². The third kappa shape index (κ3) is 22.0. The number of hydrogen-bond donors (Lipinski definition) is 6. The lowest BCUT2D eigenvalue weighted by molar-refractivity contribution is -0.192. The zero-order valence-corrected chi connectivity index (χ0v) is 61.6. The van der Waals surface area contributed by atoms with Crippen LogP contribution in [-0.2, 0) is 42.9 Å². The Morgan fingerprint density at radius 1 is 0.569 bits per heavy atom. The quantitative estimate of drug-likeness (QED) is 0.0746. The van der Waals surface area contributed by atoms with Crippen LogP contribution in [0.1, 0.15) is 98.7 Å².